The number of hydrogen-bond donors (Lipinski definition) is 2. The predicted octanol–water partition coefficient (Wildman–Crippen LogP) is 3.58. The van der Waals surface area contributed by atoms with Crippen molar-refractivity contribution in [1.82, 2.24) is 10.6 Å². The Hall–Kier alpha value is -2.00. The Morgan fingerprint density at radius 2 is 2.13 bits per heavy atom. The molecule has 6 nitrogen and oxygen atoms in total. The van der Waals surface area contributed by atoms with Crippen LogP contribution in [0.25, 0.3) is 0 Å². The number of guanidine groups is 1. The summed E-state index contributed by atoms with van der Waals surface area (Å²) in [7, 11) is 0. The maximum absolute atomic E-state index is 12.5. The van der Waals surface area contributed by atoms with Gasteiger partial charge in [-0.05, 0) is 44.7 Å². The molecule has 1 atom stereocenters. The molecule has 0 bridgehead atoms. The minimum absolute atomic E-state index is 0.203. The van der Waals surface area contributed by atoms with Crippen molar-refractivity contribution in [3.8, 4) is 5.75 Å². The highest BCUT2D eigenvalue weighted by atomic mass is 19.4. The molecule has 0 radical (unpaired) electrons. The van der Waals surface area contributed by atoms with E-state index in [0.29, 0.717) is 37.8 Å². The summed E-state index contributed by atoms with van der Waals surface area (Å²) in [4.78, 5) is 4.47. The molecule has 2 N–H and O–H groups in total. The van der Waals surface area contributed by atoms with Crippen LogP contribution < -0.4 is 15.4 Å². The third kappa shape index (κ3) is 9.67. The fourth-order valence-corrected chi connectivity index (χ4v) is 2.96. The zero-order valence-corrected chi connectivity index (χ0v) is 17.7. The van der Waals surface area contributed by atoms with Gasteiger partial charge in [-0.3, -0.25) is 0 Å². The number of benzene rings is 1. The molecular formula is C21H32F3N3O3. The number of aliphatic imine (C=N–C) groups is 1. The van der Waals surface area contributed by atoms with E-state index >= 15 is 0 Å². The van der Waals surface area contributed by atoms with Crippen LogP contribution in [0, 0.1) is 6.92 Å². The van der Waals surface area contributed by atoms with Crippen LogP contribution in [0.3, 0.4) is 0 Å². The number of aryl methyl sites for hydroxylation is 1. The molecule has 1 unspecified atom stereocenters. The molecule has 30 heavy (non-hydrogen) atoms. The van der Waals surface area contributed by atoms with E-state index in [0.717, 1.165) is 31.4 Å². The Kier molecular flexibility index (Phi) is 10.2. The molecule has 1 aliphatic rings. The average Bonchev–Trinajstić information content (AvgIpc) is 3.21. The van der Waals surface area contributed by atoms with E-state index in [9.17, 15) is 13.2 Å². The van der Waals surface area contributed by atoms with Gasteiger partial charge in [0.05, 0.1) is 19.3 Å². The summed E-state index contributed by atoms with van der Waals surface area (Å²) in [5.74, 6) is 0.799. The van der Waals surface area contributed by atoms with Crippen molar-refractivity contribution < 1.29 is 27.4 Å². The number of hydrogen-bond acceptors (Lipinski definition) is 4. The Labute approximate surface area is 176 Å². The summed E-state index contributed by atoms with van der Waals surface area (Å²) < 4.78 is 53.7. The standard InChI is InChI=1S/C21H32F3N3O3/c1-3-25-20(26-9-5-10-28-14-18-6-4-11-29-18)27-13-17-8-7-16(2)12-19(17)30-15-21(22,23)24/h7-8,12,18H,3-6,9-11,13-15H2,1-2H3,(H2,25,26,27). The first kappa shape index (κ1) is 24.3. The van der Waals surface area contributed by atoms with Gasteiger partial charge < -0.3 is 24.8 Å². The summed E-state index contributed by atoms with van der Waals surface area (Å²) in [6.07, 6.45) is -1.19. The molecule has 2 rings (SSSR count). The van der Waals surface area contributed by atoms with Crippen molar-refractivity contribution in [3.63, 3.8) is 0 Å². The van der Waals surface area contributed by atoms with Crippen LogP contribution in [-0.4, -0.2) is 57.8 Å². The van der Waals surface area contributed by atoms with Crippen LogP contribution in [0.4, 0.5) is 13.2 Å². The Bertz CT molecular complexity index is 663. The lowest BCUT2D eigenvalue weighted by Gasteiger charge is -2.15. The lowest BCUT2D eigenvalue weighted by molar-refractivity contribution is -0.153. The first-order chi connectivity index (χ1) is 14.4. The summed E-state index contributed by atoms with van der Waals surface area (Å²) in [5, 5.41) is 6.35. The lowest BCUT2D eigenvalue weighted by Crippen LogP contribution is -2.38. The van der Waals surface area contributed by atoms with Gasteiger partial charge >= 0.3 is 6.18 Å². The molecule has 0 saturated carbocycles. The van der Waals surface area contributed by atoms with Gasteiger partial charge in [0.1, 0.15) is 5.75 Å². The molecule has 0 amide bonds. The van der Waals surface area contributed by atoms with Crippen LogP contribution in [0.15, 0.2) is 23.2 Å². The van der Waals surface area contributed by atoms with E-state index in [1.54, 1.807) is 19.1 Å². The molecule has 1 aromatic rings. The second kappa shape index (κ2) is 12.6. The summed E-state index contributed by atoms with van der Waals surface area (Å²) in [5.41, 5.74) is 1.43. The molecule has 170 valence electrons. The zero-order chi connectivity index (χ0) is 21.8. The molecule has 1 saturated heterocycles. The highest BCUT2D eigenvalue weighted by Gasteiger charge is 2.28. The van der Waals surface area contributed by atoms with Gasteiger partial charge in [0.2, 0.25) is 0 Å². The van der Waals surface area contributed by atoms with E-state index < -0.39 is 12.8 Å². The fourth-order valence-electron chi connectivity index (χ4n) is 2.96. The van der Waals surface area contributed by atoms with E-state index in [4.69, 9.17) is 14.2 Å². The highest BCUT2D eigenvalue weighted by molar-refractivity contribution is 5.79. The quantitative estimate of drug-likeness (QED) is 0.319. The number of alkyl halides is 3. The predicted molar refractivity (Wildman–Crippen MR) is 110 cm³/mol. The zero-order valence-electron chi connectivity index (χ0n) is 17.7. The van der Waals surface area contributed by atoms with E-state index in [-0.39, 0.29) is 18.4 Å². The fraction of sp³-hybridized carbons (Fsp3) is 0.667. The number of halogens is 3. The monoisotopic (exact) mass is 431 g/mol. The maximum Gasteiger partial charge on any atom is 0.422 e. The molecular weight excluding hydrogens is 399 g/mol. The van der Waals surface area contributed by atoms with E-state index in [1.165, 1.54) is 0 Å². The minimum Gasteiger partial charge on any atom is -0.484 e. The van der Waals surface area contributed by atoms with Gasteiger partial charge in [-0.15, -0.1) is 0 Å². The van der Waals surface area contributed by atoms with Crippen molar-refractivity contribution in [2.24, 2.45) is 4.99 Å². The van der Waals surface area contributed by atoms with Gasteiger partial charge in [0.15, 0.2) is 12.6 Å². The Morgan fingerprint density at radius 1 is 1.30 bits per heavy atom. The van der Waals surface area contributed by atoms with Crippen LogP contribution in [0.2, 0.25) is 0 Å². The lowest BCUT2D eigenvalue weighted by atomic mass is 10.1. The highest BCUT2D eigenvalue weighted by Crippen LogP contribution is 2.24. The van der Waals surface area contributed by atoms with E-state index in [2.05, 4.69) is 15.6 Å². The van der Waals surface area contributed by atoms with Gasteiger partial charge in [0.25, 0.3) is 0 Å². The summed E-state index contributed by atoms with van der Waals surface area (Å²) >= 11 is 0. The van der Waals surface area contributed by atoms with Crippen molar-refractivity contribution in [3.05, 3.63) is 29.3 Å². The van der Waals surface area contributed by atoms with Crippen molar-refractivity contribution >= 4 is 5.96 Å². The molecule has 1 aromatic carbocycles. The first-order valence-electron chi connectivity index (χ1n) is 10.4. The van der Waals surface area contributed by atoms with Crippen LogP contribution >= 0.6 is 0 Å². The Balaban J connectivity index is 1.81. The summed E-state index contributed by atoms with van der Waals surface area (Å²) in [6.45, 7) is 6.06. The molecule has 1 heterocycles. The molecule has 9 heteroatoms. The van der Waals surface area contributed by atoms with Crippen molar-refractivity contribution in [2.45, 2.75) is 51.9 Å². The van der Waals surface area contributed by atoms with Crippen molar-refractivity contribution in [2.75, 3.05) is 39.5 Å². The van der Waals surface area contributed by atoms with Crippen LogP contribution in [0.1, 0.15) is 37.3 Å². The first-order valence-corrected chi connectivity index (χ1v) is 10.4. The second-order valence-corrected chi connectivity index (χ2v) is 7.20. The summed E-state index contributed by atoms with van der Waals surface area (Å²) in [6, 6.07) is 5.17. The molecule has 0 spiro atoms. The number of nitrogens with one attached hydrogen (secondary N) is 2. The largest absolute Gasteiger partial charge is 0.484 e. The Morgan fingerprint density at radius 3 is 2.83 bits per heavy atom. The third-order valence-corrected chi connectivity index (χ3v) is 4.45. The molecule has 0 aliphatic carbocycles. The van der Waals surface area contributed by atoms with E-state index in [1.807, 2.05) is 13.0 Å². The van der Waals surface area contributed by atoms with Gasteiger partial charge in [0, 0.05) is 31.9 Å². The SMILES string of the molecule is CCNC(=NCc1ccc(C)cc1OCC(F)(F)F)NCCCOCC1CCCO1. The van der Waals surface area contributed by atoms with Gasteiger partial charge in [-0.1, -0.05) is 12.1 Å². The topological polar surface area (TPSA) is 64.1 Å². The minimum atomic E-state index is -4.38. The molecule has 1 fully saturated rings. The number of ether oxygens (including phenoxy) is 3. The third-order valence-electron chi connectivity index (χ3n) is 4.45. The van der Waals surface area contributed by atoms with Crippen LogP contribution in [0.5, 0.6) is 5.75 Å². The molecule has 1 aliphatic heterocycles. The number of nitrogens with zero attached hydrogens (tertiary/aromatic N) is 1. The number of rotatable bonds is 11. The van der Waals surface area contributed by atoms with Crippen molar-refractivity contribution in [1.29, 1.82) is 0 Å². The molecule has 0 aromatic heterocycles. The average molecular weight is 431 g/mol. The van der Waals surface area contributed by atoms with Gasteiger partial charge in [-0.2, -0.15) is 13.2 Å². The maximum atomic E-state index is 12.5. The van der Waals surface area contributed by atoms with Crippen LogP contribution in [-0.2, 0) is 16.0 Å². The normalized spacial score (nSPS) is 17.2. The van der Waals surface area contributed by atoms with Gasteiger partial charge in [-0.25, -0.2) is 4.99 Å². The smallest absolute Gasteiger partial charge is 0.422 e. The second-order valence-electron chi connectivity index (χ2n) is 7.20.